The SMILES string of the molecule is Cc1ccc(-c2noc(CCC(=O)N[C@H]3CCCCC[C@H]3C(=O)O)n2)cc1. The molecule has 27 heavy (non-hydrogen) atoms. The van der Waals surface area contributed by atoms with Gasteiger partial charge in [-0.05, 0) is 19.8 Å². The fourth-order valence-electron chi connectivity index (χ4n) is 3.45. The van der Waals surface area contributed by atoms with Crippen LogP contribution in [0.2, 0.25) is 0 Å². The Bertz CT molecular complexity index is 785. The number of carboxylic acid groups (broad SMARTS) is 1. The number of carbonyl (C=O) groups excluding carboxylic acids is 1. The number of aromatic nitrogens is 2. The lowest BCUT2D eigenvalue weighted by Gasteiger charge is -2.22. The van der Waals surface area contributed by atoms with Gasteiger partial charge in [0.25, 0.3) is 0 Å². The molecular weight excluding hydrogens is 346 g/mol. The molecule has 1 aromatic heterocycles. The van der Waals surface area contributed by atoms with E-state index in [0.29, 0.717) is 31.0 Å². The molecule has 2 N–H and O–H groups in total. The Balaban J connectivity index is 1.54. The number of carbonyl (C=O) groups is 2. The number of benzene rings is 1. The van der Waals surface area contributed by atoms with Crippen molar-refractivity contribution in [3.05, 3.63) is 35.7 Å². The predicted octanol–water partition coefficient (Wildman–Crippen LogP) is 3.13. The van der Waals surface area contributed by atoms with Crippen molar-refractivity contribution in [3.63, 3.8) is 0 Å². The Morgan fingerprint density at radius 2 is 1.93 bits per heavy atom. The maximum absolute atomic E-state index is 12.3. The van der Waals surface area contributed by atoms with Gasteiger partial charge in [0.1, 0.15) is 0 Å². The Morgan fingerprint density at radius 1 is 1.19 bits per heavy atom. The van der Waals surface area contributed by atoms with Crippen LogP contribution in [0.15, 0.2) is 28.8 Å². The van der Waals surface area contributed by atoms with E-state index in [-0.39, 0.29) is 18.4 Å². The van der Waals surface area contributed by atoms with Gasteiger partial charge in [-0.2, -0.15) is 4.98 Å². The van der Waals surface area contributed by atoms with Crippen LogP contribution < -0.4 is 5.32 Å². The molecule has 0 saturated heterocycles. The molecule has 7 heteroatoms. The van der Waals surface area contributed by atoms with Crippen LogP contribution in [0.3, 0.4) is 0 Å². The Hall–Kier alpha value is -2.70. The van der Waals surface area contributed by atoms with E-state index in [1.165, 1.54) is 0 Å². The van der Waals surface area contributed by atoms with Crippen molar-refractivity contribution in [2.45, 2.75) is 57.9 Å². The molecular formula is C20H25N3O4. The molecule has 0 radical (unpaired) electrons. The maximum atomic E-state index is 12.3. The number of amides is 1. The van der Waals surface area contributed by atoms with E-state index in [1.54, 1.807) is 0 Å². The molecule has 2 atom stereocenters. The van der Waals surface area contributed by atoms with Crippen LogP contribution in [0.4, 0.5) is 0 Å². The van der Waals surface area contributed by atoms with Crippen LogP contribution in [0.1, 0.15) is 50.0 Å². The van der Waals surface area contributed by atoms with Gasteiger partial charge in [-0.25, -0.2) is 0 Å². The van der Waals surface area contributed by atoms with Gasteiger partial charge in [0.05, 0.1) is 5.92 Å². The molecule has 2 aromatic rings. The van der Waals surface area contributed by atoms with Crippen molar-refractivity contribution in [1.29, 1.82) is 0 Å². The van der Waals surface area contributed by atoms with Crippen molar-refractivity contribution in [2.75, 3.05) is 0 Å². The first-order valence-corrected chi connectivity index (χ1v) is 9.45. The highest BCUT2D eigenvalue weighted by Crippen LogP contribution is 2.24. The number of aliphatic carboxylic acids is 1. The minimum absolute atomic E-state index is 0.178. The third kappa shape index (κ3) is 5.15. The van der Waals surface area contributed by atoms with E-state index in [1.807, 2.05) is 31.2 Å². The van der Waals surface area contributed by atoms with Crippen molar-refractivity contribution in [2.24, 2.45) is 5.92 Å². The Labute approximate surface area is 158 Å². The molecule has 0 unspecified atom stereocenters. The average molecular weight is 371 g/mol. The Kier molecular flexibility index (Phi) is 6.21. The number of nitrogens with zero attached hydrogens (tertiary/aromatic N) is 2. The molecule has 1 saturated carbocycles. The fraction of sp³-hybridized carbons (Fsp3) is 0.500. The number of carboxylic acids is 1. The number of rotatable bonds is 6. The van der Waals surface area contributed by atoms with Gasteiger partial charge in [0, 0.05) is 24.4 Å². The number of nitrogens with one attached hydrogen (secondary N) is 1. The second kappa shape index (κ2) is 8.79. The van der Waals surface area contributed by atoms with Crippen LogP contribution in [0.5, 0.6) is 0 Å². The van der Waals surface area contributed by atoms with E-state index in [4.69, 9.17) is 4.52 Å². The monoisotopic (exact) mass is 371 g/mol. The fourth-order valence-corrected chi connectivity index (χ4v) is 3.45. The molecule has 1 aliphatic carbocycles. The number of aryl methyl sites for hydroxylation is 2. The van der Waals surface area contributed by atoms with Gasteiger partial charge in [-0.1, -0.05) is 54.2 Å². The minimum Gasteiger partial charge on any atom is -0.481 e. The highest BCUT2D eigenvalue weighted by molar-refractivity contribution is 5.78. The quantitative estimate of drug-likeness (QED) is 0.756. The van der Waals surface area contributed by atoms with Crippen LogP contribution in [-0.2, 0) is 16.0 Å². The summed E-state index contributed by atoms with van der Waals surface area (Å²) in [7, 11) is 0. The van der Waals surface area contributed by atoms with Gasteiger partial charge in [-0.3, -0.25) is 9.59 Å². The van der Waals surface area contributed by atoms with Crippen LogP contribution in [-0.4, -0.2) is 33.2 Å². The first kappa shape index (κ1) is 19.1. The zero-order valence-electron chi connectivity index (χ0n) is 15.5. The van der Waals surface area contributed by atoms with E-state index in [0.717, 1.165) is 30.4 Å². The molecule has 1 amide bonds. The zero-order valence-corrected chi connectivity index (χ0v) is 15.5. The number of hydrogen-bond acceptors (Lipinski definition) is 5. The van der Waals surface area contributed by atoms with Crippen LogP contribution in [0.25, 0.3) is 11.4 Å². The summed E-state index contributed by atoms with van der Waals surface area (Å²) >= 11 is 0. The summed E-state index contributed by atoms with van der Waals surface area (Å²) in [6, 6.07) is 7.50. The van der Waals surface area contributed by atoms with Gasteiger partial charge < -0.3 is 14.9 Å². The number of hydrogen-bond donors (Lipinski definition) is 2. The summed E-state index contributed by atoms with van der Waals surface area (Å²) in [5.74, 6) is -0.616. The van der Waals surface area contributed by atoms with Gasteiger partial charge in [0.15, 0.2) is 0 Å². The van der Waals surface area contributed by atoms with E-state index >= 15 is 0 Å². The standard InChI is InChI=1S/C20H25N3O4/c1-13-7-9-14(10-8-13)19-22-18(27-23-19)12-11-17(24)21-16-6-4-2-3-5-15(16)20(25)26/h7-10,15-16H,2-6,11-12H2,1H3,(H,21,24)(H,25,26)/t15-,16+/m1/s1. The van der Waals surface area contributed by atoms with Gasteiger partial charge in [-0.15, -0.1) is 0 Å². The second-order valence-corrected chi connectivity index (χ2v) is 7.13. The average Bonchev–Trinajstić information content (AvgIpc) is 2.99. The van der Waals surface area contributed by atoms with Crippen LogP contribution in [0, 0.1) is 12.8 Å². The zero-order chi connectivity index (χ0) is 19.2. The van der Waals surface area contributed by atoms with E-state index in [2.05, 4.69) is 15.5 Å². The maximum Gasteiger partial charge on any atom is 0.308 e. The Morgan fingerprint density at radius 3 is 2.67 bits per heavy atom. The molecule has 1 fully saturated rings. The van der Waals surface area contributed by atoms with E-state index < -0.39 is 11.9 Å². The van der Waals surface area contributed by atoms with Crippen molar-refractivity contribution in [3.8, 4) is 11.4 Å². The summed E-state index contributed by atoms with van der Waals surface area (Å²) in [5.41, 5.74) is 2.01. The molecule has 0 spiro atoms. The summed E-state index contributed by atoms with van der Waals surface area (Å²) in [4.78, 5) is 28.1. The lowest BCUT2D eigenvalue weighted by Crippen LogP contribution is -2.42. The van der Waals surface area contributed by atoms with Gasteiger partial charge in [0.2, 0.25) is 17.6 Å². The third-order valence-electron chi connectivity index (χ3n) is 5.02. The first-order chi connectivity index (χ1) is 13.0. The third-order valence-corrected chi connectivity index (χ3v) is 5.02. The highest BCUT2D eigenvalue weighted by atomic mass is 16.5. The summed E-state index contributed by atoms with van der Waals surface area (Å²) in [6.45, 7) is 2.01. The summed E-state index contributed by atoms with van der Waals surface area (Å²) < 4.78 is 5.23. The molecule has 1 heterocycles. The summed E-state index contributed by atoms with van der Waals surface area (Å²) in [6.07, 6.45) is 4.70. The molecule has 1 aromatic carbocycles. The van der Waals surface area contributed by atoms with Crippen molar-refractivity contribution < 1.29 is 19.2 Å². The van der Waals surface area contributed by atoms with E-state index in [9.17, 15) is 14.7 Å². The highest BCUT2D eigenvalue weighted by Gasteiger charge is 2.30. The molecule has 0 bridgehead atoms. The summed E-state index contributed by atoms with van der Waals surface area (Å²) in [5, 5.41) is 16.3. The molecule has 7 nitrogen and oxygen atoms in total. The normalized spacial score (nSPS) is 20.0. The van der Waals surface area contributed by atoms with Gasteiger partial charge >= 0.3 is 5.97 Å². The predicted molar refractivity (Wildman–Crippen MR) is 98.9 cm³/mol. The first-order valence-electron chi connectivity index (χ1n) is 9.45. The topological polar surface area (TPSA) is 105 Å². The lowest BCUT2D eigenvalue weighted by atomic mass is 9.94. The lowest BCUT2D eigenvalue weighted by molar-refractivity contribution is -0.143. The smallest absolute Gasteiger partial charge is 0.308 e. The minimum atomic E-state index is -0.832. The van der Waals surface area contributed by atoms with Crippen molar-refractivity contribution in [1.82, 2.24) is 15.5 Å². The van der Waals surface area contributed by atoms with Crippen molar-refractivity contribution >= 4 is 11.9 Å². The molecule has 144 valence electrons. The molecule has 3 rings (SSSR count). The second-order valence-electron chi connectivity index (χ2n) is 7.13. The largest absolute Gasteiger partial charge is 0.481 e. The molecule has 0 aliphatic heterocycles. The molecule has 1 aliphatic rings. The van der Waals surface area contributed by atoms with Crippen LogP contribution >= 0.6 is 0 Å².